The maximum absolute atomic E-state index is 12.3. The van der Waals surface area contributed by atoms with Crippen LogP contribution in [0.2, 0.25) is 0 Å². The zero-order valence-corrected chi connectivity index (χ0v) is 14.1. The first kappa shape index (κ1) is 16.1. The predicted molar refractivity (Wildman–Crippen MR) is 88.9 cm³/mol. The van der Waals surface area contributed by atoms with Gasteiger partial charge in [0.1, 0.15) is 0 Å². The number of hydrogen-bond acceptors (Lipinski definition) is 6. The molecule has 1 amide bonds. The average molecular weight is 334 g/mol. The van der Waals surface area contributed by atoms with Gasteiger partial charge in [-0.05, 0) is 37.1 Å². The number of likely N-dealkylation sites (tertiary alicyclic amines) is 1. The molecule has 2 aromatic rings. The maximum atomic E-state index is 12.3. The Morgan fingerprint density at radius 1 is 1.52 bits per heavy atom. The molecule has 0 spiro atoms. The van der Waals surface area contributed by atoms with E-state index in [1.165, 1.54) is 0 Å². The van der Waals surface area contributed by atoms with Crippen LogP contribution in [0.3, 0.4) is 0 Å². The number of aryl methyl sites for hydroxylation is 1. The van der Waals surface area contributed by atoms with E-state index in [0.717, 1.165) is 30.8 Å². The van der Waals surface area contributed by atoms with Gasteiger partial charge in [0, 0.05) is 32.0 Å². The Labute approximate surface area is 139 Å². The average Bonchev–Trinajstić information content (AvgIpc) is 3.23. The van der Waals surface area contributed by atoms with Crippen LogP contribution in [0, 0.1) is 5.92 Å². The normalized spacial score (nSPS) is 17.4. The third-order valence-electron chi connectivity index (χ3n) is 4.40. The van der Waals surface area contributed by atoms with Gasteiger partial charge in [-0.1, -0.05) is 11.2 Å². The molecule has 124 valence electrons. The number of nitrogens with two attached hydrogens (primary N) is 1. The van der Waals surface area contributed by atoms with E-state index in [9.17, 15) is 4.79 Å². The smallest absolute Gasteiger partial charge is 0.227 e. The van der Waals surface area contributed by atoms with Crippen LogP contribution in [-0.4, -0.2) is 40.1 Å². The summed E-state index contributed by atoms with van der Waals surface area (Å²) in [6, 6.07) is 4.11. The van der Waals surface area contributed by atoms with Crippen molar-refractivity contribution in [2.45, 2.75) is 38.6 Å². The molecule has 0 saturated carbocycles. The van der Waals surface area contributed by atoms with Crippen molar-refractivity contribution in [1.29, 1.82) is 0 Å². The molecule has 0 aliphatic carbocycles. The van der Waals surface area contributed by atoms with Crippen molar-refractivity contribution in [1.82, 2.24) is 15.0 Å². The van der Waals surface area contributed by atoms with E-state index >= 15 is 0 Å². The number of amides is 1. The van der Waals surface area contributed by atoms with Crippen LogP contribution in [0.5, 0.6) is 0 Å². The molecule has 2 aromatic heterocycles. The number of rotatable bonds is 5. The molecule has 6 nitrogen and oxygen atoms in total. The predicted octanol–water partition coefficient (Wildman–Crippen LogP) is 2.32. The summed E-state index contributed by atoms with van der Waals surface area (Å²) in [7, 11) is 0. The lowest BCUT2D eigenvalue weighted by Gasteiger charge is -2.33. The first-order chi connectivity index (χ1) is 11.1. The fourth-order valence-electron chi connectivity index (χ4n) is 2.91. The second-order valence-electron chi connectivity index (χ2n) is 6.07. The molecule has 23 heavy (non-hydrogen) atoms. The molecule has 0 radical (unpaired) electrons. The third-order valence-corrected chi connectivity index (χ3v) is 5.26. The van der Waals surface area contributed by atoms with Crippen LogP contribution in [0.15, 0.2) is 22.0 Å². The molecule has 3 rings (SSSR count). The fraction of sp³-hybridized carbons (Fsp3) is 0.562. The van der Waals surface area contributed by atoms with Crippen molar-refractivity contribution >= 4 is 17.2 Å². The van der Waals surface area contributed by atoms with Crippen LogP contribution in [-0.2, 0) is 11.2 Å². The van der Waals surface area contributed by atoms with Gasteiger partial charge in [-0.2, -0.15) is 4.98 Å². The molecule has 0 bridgehead atoms. The van der Waals surface area contributed by atoms with Gasteiger partial charge >= 0.3 is 0 Å². The Balaban J connectivity index is 1.48. The van der Waals surface area contributed by atoms with Gasteiger partial charge < -0.3 is 15.2 Å². The topological polar surface area (TPSA) is 85.2 Å². The summed E-state index contributed by atoms with van der Waals surface area (Å²) in [6.45, 7) is 3.65. The van der Waals surface area contributed by atoms with Gasteiger partial charge in [0.2, 0.25) is 17.6 Å². The lowest BCUT2D eigenvalue weighted by molar-refractivity contribution is -0.132. The number of thiophene rings is 1. The lowest BCUT2D eigenvalue weighted by Crippen LogP contribution is -2.42. The molecule has 1 atom stereocenters. The molecule has 3 heterocycles. The summed E-state index contributed by atoms with van der Waals surface area (Å²) < 4.78 is 5.23. The summed E-state index contributed by atoms with van der Waals surface area (Å²) in [5, 5.41) is 5.94. The largest absolute Gasteiger partial charge is 0.343 e. The van der Waals surface area contributed by atoms with E-state index in [2.05, 4.69) is 10.1 Å². The Bertz CT molecular complexity index is 630. The number of carbonyl (C=O) groups is 1. The second kappa shape index (κ2) is 7.23. The highest BCUT2D eigenvalue weighted by atomic mass is 32.1. The van der Waals surface area contributed by atoms with Crippen LogP contribution < -0.4 is 5.73 Å². The number of hydrogen-bond donors (Lipinski definition) is 1. The summed E-state index contributed by atoms with van der Waals surface area (Å²) >= 11 is 1.57. The van der Waals surface area contributed by atoms with Gasteiger partial charge in [-0.3, -0.25) is 4.79 Å². The van der Waals surface area contributed by atoms with Crippen molar-refractivity contribution in [3.05, 3.63) is 23.4 Å². The minimum atomic E-state index is 0.156. The molecule has 1 fully saturated rings. The van der Waals surface area contributed by atoms with E-state index < -0.39 is 0 Å². The van der Waals surface area contributed by atoms with E-state index in [-0.39, 0.29) is 11.9 Å². The standard InChI is InChI=1S/C16H22N4O2S/c1-11(17)12-6-8-20(9-7-12)15(21)5-4-14-18-16(19-22-14)13-3-2-10-23-13/h2-3,10-12H,4-9,17H2,1H3. The van der Waals surface area contributed by atoms with Crippen molar-refractivity contribution in [3.63, 3.8) is 0 Å². The van der Waals surface area contributed by atoms with Gasteiger partial charge in [-0.25, -0.2) is 0 Å². The zero-order valence-electron chi connectivity index (χ0n) is 13.3. The Kier molecular flexibility index (Phi) is 5.07. The minimum absolute atomic E-state index is 0.156. The number of piperidine rings is 1. The van der Waals surface area contributed by atoms with Crippen LogP contribution >= 0.6 is 11.3 Å². The van der Waals surface area contributed by atoms with Crippen molar-refractivity contribution in [3.8, 4) is 10.7 Å². The molecule has 1 aliphatic rings. The van der Waals surface area contributed by atoms with Crippen molar-refractivity contribution in [2.24, 2.45) is 11.7 Å². The molecule has 0 aromatic carbocycles. The molecular weight excluding hydrogens is 312 g/mol. The molecule has 1 unspecified atom stereocenters. The number of carbonyl (C=O) groups excluding carboxylic acids is 1. The highest BCUT2D eigenvalue weighted by Gasteiger charge is 2.24. The van der Waals surface area contributed by atoms with E-state index in [0.29, 0.717) is 30.5 Å². The maximum Gasteiger partial charge on any atom is 0.227 e. The highest BCUT2D eigenvalue weighted by molar-refractivity contribution is 7.13. The first-order valence-electron chi connectivity index (χ1n) is 8.03. The molecule has 7 heteroatoms. The van der Waals surface area contributed by atoms with Crippen LogP contribution in [0.4, 0.5) is 0 Å². The summed E-state index contributed by atoms with van der Waals surface area (Å²) in [6.07, 6.45) is 2.89. The molecular formula is C16H22N4O2S. The summed E-state index contributed by atoms with van der Waals surface area (Å²) in [5.41, 5.74) is 5.94. The van der Waals surface area contributed by atoms with E-state index in [1.807, 2.05) is 29.3 Å². The molecule has 1 saturated heterocycles. The second-order valence-corrected chi connectivity index (χ2v) is 7.01. The molecule has 2 N–H and O–H groups in total. The van der Waals surface area contributed by atoms with E-state index in [1.54, 1.807) is 11.3 Å². The number of aromatic nitrogens is 2. The van der Waals surface area contributed by atoms with Gasteiger partial charge in [0.25, 0.3) is 0 Å². The summed E-state index contributed by atoms with van der Waals surface area (Å²) in [5.74, 6) is 1.81. The Morgan fingerprint density at radius 3 is 2.96 bits per heavy atom. The van der Waals surface area contributed by atoms with Gasteiger partial charge in [-0.15, -0.1) is 11.3 Å². The lowest BCUT2D eigenvalue weighted by atomic mass is 9.91. The zero-order chi connectivity index (χ0) is 16.2. The SMILES string of the molecule is CC(N)C1CCN(C(=O)CCc2nc(-c3cccs3)no2)CC1. The molecule has 1 aliphatic heterocycles. The third kappa shape index (κ3) is 3.97. The first-order valence-corrected chi connectivity index (χ1v) is 8.91. The minimum Gasteiger partial charge on any atom is -0.343 e. The van der Waals surface area contributed by atoms with Crippen molar-refractivity contribution < 1.29 is 9.32 Å². The Morgan fingerprint density at radius 2 is 2.30 bits per heavy atom. The van der Waals surface area contributed by atoms with Crippen LogP contribution in [0.25, 0.3) is 10.7 Å². The van der Waals surface area contributed by atoms with E-state index in [4.69, 9.17) is 10.3 Å². The fourth-order valence-corrected chi connectivity index (χ4v) is 3.56. The quantitative estimate of drug-likeness (QED) is 0.907. The highest BCUT2D eigenvalue weighted by Crippen LogP contribution is 2.22. The van der Waals surface area contributed by atoms with Crippen LogP contribution in [0.1, 0.15) is 32.1 Å². The summed E-state index contributed by atoms with van der Waals surface area (Å²) in [4.78, 5) is 19.5. The monoisotopic (exact) mass is 334 g/mol. The van der Waals surface area contributed by atoms with Gasteiger partial charge in [0.05, 0.1) is 4.88 Å². The number of nitrogens with zero attached hydrogens (tertiary/aromatic N) is 3. The van der Waals surface area contributed by atoms with Crippen molar-refractivity contribution in [2.75, 3.05) is 13.1 Å². The Hall–Kier alpha value is -1.73. The van der Waals surface area contributed by atoms with Gasteiger partial charge in [0.15, 0.2) is 0 Å².